The number of ether oxygens (including phenoxy) is 2. The van der Waals surface area contributed by atoms with Gasteiger partial charge in [-0.1, -0.05) is 65.2 Å². The van der Waals surface area contributed by atoms with Crippen LogP contribution in [-0.4, -0.2) is 23.6 Å². The van der Waals surface area contributed by atoms with Crippen LogP contribution in [0.5, 0.6) is 0 Å². The zero-order chi connectivity index (χ0) is 20.0. The minimum absolute atomic E-state index is 0.146. The van der Waals surface area contributed by atoms with Crippen molar-refractivity contribution in [1.82, 2.24) is 0 Å². The Hall–Kier alpha value is -1.06. The zero-order valence-corrected chi connectivity index (χ0v) is 18.1. The van der Waals surface area contributed by atoms with Gasteiger partial charge in [0.2, 0.25) is 0 Å². The zero-order valence-electron chi connectivity index (χ0n) is 18.1. The lowest BCUT2D eigenvalue weighted by Crippen LogP contribution is -2.28. The Morgan fingerprint density at radius 3 is 1.69 bits per heavy atom. The molecule has 1 atom stereocenters. The van der Waals surface area contributed by atoms with Crippen molar-refractivity contribution >= 4 is 11.9 Å². The lowest BCUT2D eigenvalue weighted by atomic mass is 10.0. The molecule has 0 rings (SSSR count). The van der Waals surface area contributed by atoms with Gasteiger partial charge in [0, 0.05) is 6.92 Å². The van der Waals surface area contributed by atoms with E-state index in [0.29, 0.717) is 0 Å². The van der Waals surface area contributed by atoms with E-state index in [2.05, 4.69) is 13.8 Å². The standard InChI is InChI=1S/C22H42O4/c1-18(2)15-13-11-9-7-8-10-12-14-16-20(25-19(3)23)17-21(24)26-22(4,5)6/h18,20H,7-17H2,1-6H3/t20-/m1/s1. The summed E-state index contributed by atoms with van der Waals surface area (Å²) < 4.78 is 10.6. The van der Waals surface area contributed by atoms with Crippen molar-refractivity contribution in [2.24, 2.45) is 5.92 Å². The van der Waals surface area contributed by atoms with E-state index in [1.54, 1.807) is 0 Å². The van der Waals surface area contributed by atoms with Crippen LogP contribution in [-0.2, 0) is 19.1 Å². The first-order chi connectivity index (χ1) is 12.1. The summed E-state index contributed by atoms with van der Waals surface area (Å²) in [5, 5.41) is 0. The monoisotopic (exact) mass is 370 g/mol. The molecule has 0 spiro atoms. The normalized spacial score (nSPS) is 12.9. The predicted octanol–water partition coefficient (Wildman–Crippen LogP) is 6.21. The van der Waals surface area contributed by atoms with Gasteiger partial charge in [0.1, 0.15) is 11.7 Å². The smallest absolute Gasteiger partial charge is 0.310 e. The lowest BCUT2D eigenvalue weighted by Gasteiger charge is -2.22. The molecular formula is C22H42O4. The molecule has 0 radical (unpaired) electrons. The SMILES string of the molecule is CC(=O)O[C@H](CCCCCCCCCCC(C)C)CC(=O)OC(C)(C)C. The molecule has 0 aromatic carbocycles. The minimum Gasteiger partial charge on any atom is -0.462 e. The summed E-state index contributed by atoms with van der Waals surface area (Å²) in [5.41, 5.74) is -0.507. The van der Waals surface area contributed by atoms with Crippen LogP contribution >= 0.6 is 0 Å². The highest BCUT2D eigenvalue weighted by molar-refractivity contribution is 5.71. The third-order valence-electron chi connectivity index (χ3n) is 4.20. The molecule has 0 fully saturated rings. The maximum absolute atomic E-state index is 11.9. The van der Waals surface area contributed by atoms with Crippen molar-refractivity contribution in [2.45, 2.75) is 124 Å². The Morgan fingerprint density at radius 1 is 0.808 bits per heavy atom. The van der Waals surface area contributed by atoms with Crippen molar-refractivity contribution in [3.05, 3.63) is 0 Å². The molecule has 4 nitrogen and oxygen atoms in total. The molecule has 0 aromatic heterocycles. The minimum atomic E-state index is -0.507. The Labute approximate surface area is 161 Å². The van der Waals surface area contributed by atoms with Gasteiger partial charge in [-0.05, 0) is 39.5 Å². The van der Waals surface area contributed by atoms with Crippen LogP contribution in [0.2, 0.25) is 0 Å². The van der Waals surface area contributed by atoms with Gasteiger partial charge in [0.05, 0.1) is 6.42 Å². The third-order valence-corrected chi connectivity index (χ3v) is 4.20. The van der Waals surface area contributed by atoms with Gasteiger partial charge in [-0.3, -0.25) is 9.59 Å². The number of unbranched alkanes of at least 4 members (excludes halogenated alkanes) is 7. The largest absolute Gasteiger partial charge is 0.462 e. The second-order valence-electron chi connectivity index (χ2n) is 8.82. The van der Waals surface area contributed by atoms with Crippen LogP contribution in [0.3, 0.4) is 0 Å². The molecule has 0 saturated carbocycles. The number of hydrogen-bond acceptors (Lipinski definition) is 4. The van der Waals surface area contributed by atoms with E-state index in [1.807, 2.05) is 20.8 Å². The van der Waals surface area contributed by atoms with Crippen molar-refractivity contribution < 1.29 is 19.1 Å². The molecular weight excluding hydrogens is 328 g/mol. The molecule has 0 amide bonds. The van der Waals surface area contributed by atoms with Gasteiger partial charge in [-0.15, -0.1) is 0 Å². The summed E-state index contributed by atoms with van der Waals surface area (Å²) in [6.07, 6.45) is 11.8. The quantitative estimate of drug-likeness (QED) is 0.269. The fraction of sp³-hybridized carbons (Fsp3) is 0.909. The highest BCUT2D eigenvalue weighted by Crippen LogP contribution is 2.17. The van der Waals surface area contributed by atoms with Gasteiger partial charge in [0.25, 0.3) is 0 Å². The van der Waals surface area contributed by atoms with Gasteiger partial charge in [-0.2, -0.15) is 0 Å². The van der Waals surface area contributed by atoms with Gasteiger partial charge >= 0.3 is 11.9 Å². The van der Waals surface area contributed by atoms with Crippen molar-refractivity contribution in [3.8, 4) is 0 Å². The van der Waals surface area contributed by atoms with Crippen molar-refractivity contribution in [3.63, 3.8) is 0 Å². The average Bonchev–Trinajstić information content (AvgIpc) is 2.46. The van der Waals surface area contributed by atoms with E-state index in [4.69, 9.17) is 9.47 Å². The Balaban J connectivity index is 3.84. The van der Waals surface area contributed by atoms with Crippen LogP contribution in [0, 0.1) is 5.92 Å². The lowest BCUT2D eigenvalue weighted by molar-refractivity contribution is -0.161. The van der Waals surface area contributed by atoms with Gasteiger partial charge < -0.3 is 9.47 Å². The topological polar surface area (TPSA) is 52.6 Å². The second-order valence-corrected chi connectivity index (χ2v) is 8.82. The van der Waals surface area contributed by atoms with Gasteiger partial charge in [-0.25, -0.2) is 0 Å². The predicted molar refractivity (Wildman–Crippen MR) is 107 cm³/mol. The number of carbonyl (C=O) groups excluding carboxylic acids is 2. The molecule has 4 heteroatoms. The molecule has 0 saturated heterocycles. The third kappa shape index (κ3) is 17.8. The molecule has 0 aliphatic carbocycles. The van der Waals surface area contributed by atoms with E-state index in [1.165, 1.54) is 51.9 Å². The first kappa shape index (κ1) is 24.9. The Bertz CT molecular complexity index is 382. The summed E-state index contributed by atoms with van der Waals surface area (Å²) in [5.74, 6) is 0.186. The molecule has 0 bridgehead atoms. The number of esters is 2. The number of carbonyl (C=O) groups is 2. The number of rotatable bonds is 14. The molecule has 0 aromatic rings. The van der Waals surface area contributed by atoms with E-state index in [0.717, 1.165) is 25.2 Å². The van der Waals surface area contributed by atoms with Gasteiger partial charge in [0.15, 0.2) is 0 Å². The molecule has 0 heterocycles. The summed E-state index contributed by atoms with van der Waals surface area (Å²) >= 11 is 0. The van der Waals surface area contributed by atoms with E-state index < -0.39 is 5.60 Å². The fourth-order valence-electron chi connectivity index (χ4n) is 2.99. The van der Waals surface area contributed by atoms with Crippen molar-refractivity contribution in [1.29, 1.82) is 0 Å². The molecule has 0 aliphatic rings. The highest BCUT2D eigenvalue weighted by Gasteiger charge is 2.22. The average molecular weight is 371 g/mol. The second kappa shape index (κ2) is 14.1. The first-order valence-electron chi connectivity index (χ1n) is 10.5. The van der Waals surface area contributed by atoms with Crippen molar-refractivity contribution in [2.75, 3.05) is 0 Å². The first-order valence-corrected chi connectivity index (χ1v) is 10.5. The summed E-state index contributed by atoms with van der Waals surface area (Å²) in [7, 11) is 0. The van der Waals surface area contributed by atoms with E-state index in [-0.39, 0.29) is 24.5 Å². The van der Waals surface area contributed by atoms with Crippen LogP contribution in [0.1, 0.15) is 112 Å². The summed E-state index contributed by atoms with van der Waals surface area (Å²) in [6.45, 7) is 11.5. The molecule has 154 valence electrons. The molecule has 0 aliphatic heterocycles. The van der Waals surface area contributed by atoms with Crippen LogP contribution in [0.15, 0.2) is 0 Å². The van der Waals surface area contributed by atoms with Crippen LogP contribution < -0.4 is 0 Å². The van der Waals surface area contributed by atoms with E-state index >= 15 is 0 Å². The van der Waals surface area contributed by atoms with Crippen LogP contribution in [0.4, 0.5) is 0 Å². The number of hydrogen-bond donors (Lipinski definition) is 0. The maximum atomic E-state index is 11.9. The Kier molecular flexibility index (Phi) is 13.5. The molecule has 26 heavy (non-hydrogen) atoms. The van der Waals surface area contributed by atoms with E-state index in [9.17, 15) is 9.59 Å². The summed E-state index contributed by atoms with van der Waals surface area (Å²) in [6, 6.07) is 0. The Morgan fingerprint density at radius 2 is 1.27 bits per heavy atom. The molecule has 0 unspecified atom stereocenters. The highest BCUT2D eigenvalue weighted by atomic mass is 16.6. The fourth-order valence-corrected chi connectivity index (χ4v) is 2.99. The summed E-state index contributed by atoms with van der Waals surface area (Å²) in [4.78, 5) is 23.2. The van der Waals surface area contributed by atoms with Crippen LogP contribution in [0.25, 0.3) is 0 Å². The molecule has 0 N–H and O–H groups in total. The maximum Gasteiger partial charge on any atom is 0.310 e.